The molecule has 0 aliphatic carbocycles. The van der Waals surface area contributed by atoms with Crippen LogP contribution in [0, 0.1) is 0 Å². The largest absolute Gasteiger partial charge is 0.495 e. The molecule has 1 aromatic carbocycles. The number of amides is 1. The number of hydrogen-bond acceptors (Lipinski definition) is 3. The summed E-state index contributed by atoms with van der Waals surface area (Å²) in [4.78, 5) is 17.5. The van der Waals surface area contributed by atoms with E-state index in [1.54, 1.807) is 7.11 Å². The van der Waals surface area contributed by atoms with Crippen molar-refractivity contribution in [2.75, 3.05) is 12.4 Å². The van der Waals surface area contributed by atoms with Gasteiger partial charge in [0.05, 0.1) is 18.5 Å². The molecular formula is C18H18BrN3O2. The van der Waals surface area contributed by atoms with Gasteiger partial charge in [-0.15, -0.1) is 0 Å². The number of methoxy groups -OCH3 is 1. The van der Waals surface area contributed by atoms with E-state index >= 15 is 0 Å². The van der Waals surface area contributed by atoms with Gasteiger partial charge in [-0.2, -0.15) is 0 Å². The van der Waals surface area contributed by atoms with E-state index in [1.807, 2.05) is 47.0 Å². The summed E-state index contributed by atoms with van der Waals surface area (Å²) in [5.74, 6) is 0.423. The first-order valence-corrected chi connectivity index (χ1v) is 8.54. The molecule has 0 spiro atoms. The number of rotatable bonds is 5. The summed E-state index contributed by atoms with van der Waals surface area (Å²) in [6.07, 6.45) is 3.52. The van der Waals surface area contributed by atoms with Crippen LogP contribution in [-0.4, -0.2) is 22.4 Å². The molecule has 0 saturated carbocycles. The average Bonchev–Trinajstić information content (AvgIpc) is 2.93. The first-order valence-electron chi connectivity index (χ1n) is 7.75. The maximum absolute atomic E-state index is 12.9. The SMILES string of the molecule is CCCc1nc2ccc(Br)cn2c1C(=O)Nc1ccccc1OC. The number of carbonyl (C=O) groups excluding carboxylic acids is 1. The van der Waals surface area contributed by atoms with Gasteiger partial charge in [0.1, 0.15) is 17.1 Å². The molecule has 1 amide bonds. The summed E-state index contributed by atoms with van der Waals surface area (Å²) in [5.41, 5.74) is 2.74. The Labute approximate surface area is 148 Å². The summed E-state index contributed by atoms with van der Waals surface area (Å²) in [5, 5.41) is 2.93. The average molecular weight is 388 g/mol. The highest BCUT2D eigenvalue weighted by molar-refractivity contribution is 9.10. The Bertz CT molecular complexity index is 889. The molecule has 5 nitrogen and oxygen atoms in total. The fourth-order valence-electron chi connectivity index (χ4n) is 2.65. The first kappa shape index (κ1) is 16.5. The minimum absolute atomic E-state index is 0.200. The van der Waals surface area contributed by atoms with E-state index in [4.69, 9.17) is 4.74 Å². The molecular weight excluding hydrogens is 370 g/mol. The quantitative estimate of drug-likeness (QED) is 0.709. The van der Waals surface area contributed by atoms with E-state index in [0.717, 1.165) is 28.7 Å². The van der Waals surface area contributed by atoms with E-state index < -0.39 is 0 Å². The van der Waals surface area contributed by atoms with Gasteiger partial charge in [-0.25, -0.2) is 4.98 Å². The van der Waals surface area contributed by atoms with Crippen molar-refractivity contribution in [1.82, 2.24) is 9.38 Å². The van der Waals surface area contributed by atoms with Crippen LogP contribution in [0.25, 0.3) is 5.65 Å². The van der Waals surface area contributed by atoms with Crippen molar-refractivity contribution in [3.8, 4) is 5.75 Å². The molecule has 0 aliphatic heterocycles. The number of imidazole rings is 1. The number of aromatic nitrogens is 2. The van der Waals surface area contributed by atoms with Gasteiger partial charge < -0.3 is 10.1 Å². The maximum Gasteiger partial charge on any atom is 0.274 e. The van der Waals surface area contributed by atoms with Crippen molar-refractivity contribution in [2.45, 2.75) is 19.8 Å². The summed E-state index contributed by atoms with van der Waals surface area (Å²) in [6, 6.07) is 11.2. The fourth-order valence-corrected chi connectivity index (χ4v) is 2.99. The third-order valence-corrected chi connectivity index (χ3v) is 4.18. The summed E-state index contributed by atoms with van der Waals surface area (Å²) >= 11 is 3.45. The number of benzene rings is 1. The molecule has 0 aliphatic rings. The lowest BCUT2D eigenvalue weighted by Gasteiger charge is -2.10. The summed E-state index contributed by atoms with van der Waals surface area (Å²) < 4.78 is 8.01. The van der Waals surface area contributed by atoms with Crippen LogP contribution in [0.4, 0.5) is 5.69 Å². The second-order valence-electron chi connectivity index (χ2n) is 5.39. The lowest BCUT2D eigenvalue weighted by molar-refractivity contribution is 0.102. The van der Waals surface area contributed by atoms with Crippen molar-refractivity contribution >= 4 is 33.2 Å². The van der Waals surface area contributed by atoms with E-state index in [-0.39, 0.29) is 5.91 Å². The third kappa shape index (κ3) is 3.14. The summed E-state index contributed by atoms with van der Waals surface area (Å²) in [7, 11) is 1.58. The van der Waals surface area contributed by atoms with Gasteiger partial charge in [0.15, 0.2) is 0 Å². The molecule has 0 bridgehead atoms. The molecule has 2 aromatic heterocycles. The lowest BCUT2D eigenvalue weighted by atomic mass is 10.2. The molecule has 6 heteroatoms. The van der Waals surface area contributed by atoms with Crippen LogP contribution in [0.5, 0.6) is 5.75 Å². The van der Waals surface area contributed by atoms with E-state index in [9.17, 15) is 4.79 Å². The Morgan fingerprint density at radius 2 is 2.08 bits per heavy atom. The molecule has 3 aromatic rings. The zero-order chi connectivity index (χ0) is 17.1. The van der Waals surface area contributed by atoms with Gasteiger partial charge in [0, 0.05) is 10.7 Å². The van der Waals surface area contributed by atoms with Crippen LogP contribution in [0.1, 0.15) is 29.5 Å². The predicted octanol–water partition coefficient (Wildman–Crippen LogP) is 4.31. The van der Waals surface area contributed by atoms with Crippen molar-refractivity contribution in [1.29, 1.82) is 0 Å². The molecule has 1 N–H and O–H groups in total. The zero-order valence-electron chi connectivity index (χ0n) is 13.5. The number of fused-ring (bicyclic) bond motifs is 1. The number of para-hydroxylation sites is 2. The number of nitrogens with one attached hydrogen (secondary N) is 1. The van der Waals surface area contributed by atoms with Gasteiger partial charge in [0.25, 0.3) is 5.91 Å². The van der Waals surface area contributed by atoms with Crippen molar-refractivity contribution in [3.05, 3.63) is 58.5 Å². The van der Waals surface area contributed by atoms with E-state index in [2.05, 4.69) is 33.2 Å². The Kier molecular flexibility index (Phi) is 4.85. The van der Waals surface area contributed by atoms with Gasteiger partial charge in [0.2, 0.25) is 0 Å². The molecule has 24 heavy (non-hydrogen) atoms. The highest BCUT2D eigenvalue weighted by atomic mass is 79.9. The molecule has 0 radical (unpaired) electrons. The number of nitrogens with zero attached hydrogens (tertiary/aromatic N) is 2. The molecule has 0 atom stereocenters. The van der Waals surface area contributed by atoms with Crippen molar-refractivity contribution in [2.24, 2.45) is 0 Å². The maximum atomic E-state index is 12.9. The Morgan fingerprint density at radius 1 is 1.29 bits per heavy atom. The predicted molar refractivity (Wildman–Crippen MR) is 97.8 cm³/mol. The van der Waals surface area contributed by atoms with E-state index in [0.29, 0.717) is 17.1 Å². The van der Waals surface area contributed by atoms with Crippen LogP contribution in [0.15, 0.2) is 47.1 Å². The van der Waals surface area contributed by atoms with E-state index in [1.165, 1.54) is 0 Å². The first-order chi connectivity index (χ1) is 11.6. The molecule has 0 unspecified atom stereocenters. The molecule has 0 fully saturated rings. The van der Waals surface area contributed by atoms with Gasteiger partial charge >= 0.3 is 0 Å². The van der Waals surface area contributed by atoms with Crippen molar-refractivity contribution < 1.29 is 9.53 Å². The van der Waals surface area contributed by atoms with Crippen LogP contribution in [0.3, 0.4) is 0 Å². The minimum atomic E-state index is -0.200. The number of carbonyl (C=O) groups is 1. The number of aryl methyl sites for hydroxylation is 1. The number of ether oxygens (including phenoxy) is 1. The summed E-state index contributed by atoms with van der Waals surface area (Å²) in [6.45, 7) is 2.07. The normalized spacial score (nSPS) is 10.8. The molecule has 124 valence electrons. The highest BCUT2D eigenvalue weighted by Gasteiger charge is 2.20. The number of anilines is 1. The van der Waals surface area contributed by atoms with Crippen LogP contribution in [0.2, 0.25) is 0 Å². The van der Waals surface area contributed by atoms with Gasteiger partial charge in [-0.1, -0.05) is 25.5 Å². The Morgan fingerprint density at radius 3 is 2.83 bits per heavy atom. The second kappa shape index (κ2) is 7.05. The number of halogens is 1. The number of hydrogen-bond donors (Lipinski definition) is 1. The highest BCUT2D eigenvalue weighted by Crippen LogP contribution is 2.25. The standard InChI is InChI=1S/C18H18BrN3O2/c1-3-6-14-17(22-11-12(19)9-10-16(22)20-14)18(23)21-13-7-4-5-8-15(13)24-2/h4-5,7-11H,3,6H2,1-2H3,(H,21,23). The second-order valence-corrected chi connectivity index (χ2v) is 6.30. The van der Waals surface area contributed by atoms with Crippen LogP contribution < -0.4 is 10.1 Å². The zero-order valence-corrected chi connectivity index (χ0v) is 15.1. The molecule has 3 rings (SSSR count). The fraction of sp³-hybridized carbons (Fsp3) is 0.222. The topological polar surface area (TPSA) is 55.6 Å². The van der Waals surface area contributed by atoms with Crippen LogP contribution >= 0.6 is 15.9 Å². The Balaban J connectivity index is 2.05. The third-order valence-electron chi connectivity index (χ3n) is 3.71. The van der Waals surface area contributed by atoms with Crippen molar-refractivity contribution in [3.63, 3.8) is 0 Å². The van der Waals surface area contributed by atoms with Gasteiger partial charge in [-0.05, 0) is 46.6 Å². The monoisotopic (exact) mass is 387 g/mol. The molecule has 0 saturated heterocycles. The smallest absolute Gasteiger partial charge is 0.274 e. The number of pyridine rings is 1. The Hall–Kier alpha value is -2.34. The van der Waals surface area contributed by atoms with Crippen LogP contribution in [-0.2, 0) is 6.42 Å². The minimum Gasteiger partial charge on any atom is -0.495 e. The lowest BCUT2D eigenvalue weighted by Crippen LogP contribution is -2.17. The van der Waals surface area contributed by atoms with Gasteiger partial charge in [-0.3, -0.25) is 9.20 Å². The molecule has 2 heterocycles.